The Hall–Kier alpha value is -1.84. The van der Waals surface area contributed by atoms with Gasteiger partial charge in [-0.15, -0.1) is 0 Å². The van der Waals surface area contributed by atoms with Gasteiger partial charge in [0.1, 0.15) is 5.82 Å². The van der Waals surface area contributed by atoms with Gasteiger partial charge in [0, 0.05) is 17.8 Å². The second kappa shape index (κ2) is 4.44. The fourth-order valence-electron chi connectivity index (χ4n) is 2.44. The van der Waals surface area contributed by atoms with Crippen LogP contribution in [-0.4, -0.2) is 14.5 Å². The SMILES string of the molecule is CC(CC1CC1)n1cncc1-c1ccnc(N)c1. The van der Waals surface area contributed by atoms with Crippen molar-refractivity contribution >= 4 is 5.82 Å². The third-order valence-corrected chi connectivity index (χ3v) is 3.59. The van der Waals surface area contributed by atoms with E-state index in [1.165, 1.54) is 19.3 Å². The molecule has 1 aliphatic rings. The number of aromatic nitrogens is 3. The molecular formula is C14H18N4. The van der Waals surface area contributed by atoms with Crippen molar-refractivity contribution in [2.24, 2.45) is 5.92 Å². The summed E-state index contributed by atoms with van der Waals surface area (Å²) in [5, 5.41) is 0. The zero-order chi connectivity index (χ0) is 12.5. The summed E-state index contributed by atoms with van der Waals surface area (Å²) in [4.78, 5) is 8.31. The van der Waals surface area contributed by atoms with Crippen LogP contribution in [0.3, 0.4) is 0 Å². The zero-order valence-corrected chi connectivity index (χ0v) is 10.6. The molecule has 18 heavy (non-hydrogen) atoms. The maximum Gasteiger partial charge on any atom is 0.123 e. The second-order valence-corrected chi connectivity index (χ2v) is 5.18. The minimum Gasteiger partial charge on any atom is -0.384 e. The molecule has 1 saturated carbocycles. The summed E-state index contributed by atoms with van der Waals surface area (Å²) in [6, 6.07) is 4.37. The molecule has 0 spiro atoms. The predicted molar refractivity (Wildman–Crippen MR) is 71.9 cm³/mol. The minimum absolute atomic E-state index is 0.490. The molecule has 94 valence electrons. The highest BCUT2D eigenvalue weighted by molar-refractivity contribution is 5.61. The molecule has 1 unspecified atom stereocenters. The summed E-state index contributed by atoms with van der Waals surface area (Å²) in [5.41, 5.74) is 7.95. The molecule has 2 heterocycles. The lowest BCUT2D eigenvalue weighted by molar-refractivity contribution is 0.480. The van der Waals surface area contributed by atoms with Crippen LogP contribution in [0.5, 0.6) is 0 Å². The molecule has 0 amide bonds. The molecule has 0 saturated heterocycles. The molecule has 0 aliphatic heterocycles. The van der Waals surface area contributed by atoms with Gasteiger partial charge in [-0.25, -0.2) is 9.97 Å². The topological polar surface area (TPSA) is 56.7 Å². The van der Waals surface area contributed by atoms with E-state index in [0.717, 1.165) is 17.2 Å². The monoisotopic (exact) mass is 242 g/mol. The third-order valence-electron chi connectivity index (χ3n) is 3.59. The first-order chi connectivity index (χ1) is 8.74. The summed E-state index contributed by atoms with van der Waals surface area (Å²) >= 11 is 0. The molecule has 1 fully saturated rings. The number of pyridine rings is 1. The van der Waals surface area contributed by atoms with E-state index >= 15 is 0 Å². The number of nitrogen functional groups attached to an aromatic ring is 1. The Kier molecular flexibility index (Phi) is 2.78. The molecule has 3 rings (SSSR count). The van der Waals surface area contributed by atoms with E-state index in [1.54, 1.807) is 6.20 Å². The Morgan fingerprint density at radius 3 is 3.06 bits per heavy atom. The van der Waals surface area contributed by atoms with Crippen LogP contribution in [-0.2, 0) is 0 Å². The van der Waals surface area contributed by atoms with Crippen LogP contribution in [0.25, 0.3) is 11.3 Å². The van der Waals surface area contributed by atoms with Gasteiger partial charge in [-0.2, -0.15) is 0 Å². The molecule has 2 N–H and O–H groups in total. The Morgan fingerprint density at radius 1 is 1.50 bits per heavy atom. The number of hydrogen-bond acceptors (Lipinski definition) is 3. The highest BCUT2D eigenvalue weighted by Gasteiger charge is 2.25. The summed E-state index contributed by atoms with van der Waals surface area (Å²) in [6.07, 6.45) is 9.57. The van der Waals surface area contributed by atoms with Gasteiger partial charge in [0.15, 0.2) is 0 Å². The number of anilines is 1. The van der Waals surface area contributed by atoms with Crippen LogP contribution in [0.4, 0.5) is 5.82 Å². The van der Waals surface area contributed by atoms with Gasteiger partial charge in [-0.05, 0) is 31.4 Å². The first kappa shape index (κ1) is 11.3. The van der Waals surface area contributed by atoms with Gasteiger partial charge in [0.05, 0.1) is 18.2 Å². The fourth-order valence-corrected chi connectivity index (χ4v) is 2.44. The Morgan fingerprint density at radius 2 is 2.33 bits per heavy atom. The lowest BCUT2D eigenvalue weighted by Gasteiger charge is -2.16. The first-order valence-electron chi connectivity index (χ1n) is 6.48. The Bertz CT molecular complexity index is 542. The molecule has 4 heteroatoms. The zero-order valence-electron chi connectivity index (χ0n) is 10.6. The Labute approximate surface area is 107 Å². The van der Waals surface area contributed by atoms with Gasteiger partial charge in [0.25, 0.3) is 0 Å². The van der Waals surface area contributed by atoms with Crippen molar-refractivity contribution in [2.75, 3.05) is 5.73 Å². The van der Waals surface area contributed by atoms with Gasteiger partial charge < -0.3 is 10.3 Å². The number of nitrogens with zero attached hydrogens (tertiary/aromatic N) is 3. The quantitative estimate of drug-likeness (QED) is 0.896. The van der Waals surface area contributed by atoms with E-state index in [2.05, 4.69) is 21.5 Å². The van der Waals surface area contributed by atoms with Crippen LogP contribution in [0.1, 0.15) is 32.2 Å². The van der Waals surface area contributed by atoms with Gasteiger partial charge in [-0.1, -0.05) is 12.8 Å². The van der Waals surface area contributed by atoms with Crippen molar-refractivity contribution in [2.45, 2.75) is 32.2 Å². The van der Waals surface area contributed by atoms with Gasteiger partial charge in [-0.3, -0.25) is 0 Å². The van der Waals surface area contributed by atoms with Crippen molar-refractivity contribution in [3.05, 3.63) is 30.9 Å². The minimum atomic E-state index is 0.490. The third kappa shape index (κ3) is 2.23. The summed E-state index contributed by atoms with van der Waals surface area (Å²) < 4.78 is 2.24. The smallest absolute Gasteiger partial charge is 0.123 e. The Balaban J connectivity index is 1.90. The lowest BCUT2D eigenvalue weighted by Crippen LogP contribution is -2.06. The second-order valence-electron chi connectivity index (χ2n) is 5.18. The molecule has 0 bridgehead atoms. The summed E-state index contributed by atoms with van der Waals surface area (Å²) in [5.74, 6) is 1.47. The molecule has 4 nitrogen and oxygen atoms in total. The van der Waals surface area contributed by atoms with E-state index < -0.39 is 0 Å². The molecule has 2 aromatic rings. The van der Waals surface area contributed by atoms with Crippen LogP contribution in [0.15, 0.2) is 30.9 Å². The van der Waals surface area contributed by atoms with Crippen LogP contribution in [0, 0.1) is 5.92 Å². The summed E-state index contributed by atoms with van der Waals surface area (Å²) in [7, 11) is 0. The number of hydrogen-bond donors (Lipinski definition) is 1. The molecule has 1 atom stereocenters. The van der Waals surface area contributed by atoms with Gasteiger partial charge in [0.2, 0.25) is 0 Å². The molecule has 1 aliphatic carbocycles. The standard InChI is InChI=1S/C14H18N4/c1-10(6-11-2-3-11)18-9-16-8-13(18)12-4-5-17-14(15)7-12/h4-5,7-11H,2-3,6H2,1H3,(H2,15,17). The van der Waals surface area contributed by atoms with Crippen LogP contribution in [0.2, 0.25) is 0 Å². The highest BCUT2D eigenvalue weighted by atomic mass is 15.1. The number of imidazole rings is 1. The van der Waals surface area contributed by atoms with Crippen molar-refractivity contribution in [3.63, 3.8) is 0 Å². The number of nitrogens with two attached hydrogens (primary N) is 1. The van der Waals surface area contributed by atoms with Crippen molar-refractivity contribution in [1.82, 2.24) is 14.5 Å². The van der Waals surface area contributed by atoms with E-state index in [0.29, 0.717) is 11.9 Å². The van der Waals surface area contributed by atoms with E-state index in [4.69, 9.17) is 5.73 Å². The maximum atomic E-state index is 5.74. The fraction of sp³-hybridized carbons (Fsp3) is 0.429. The van der Waals surface area contributed by atoms with Crippen molar-refractivity contribution in [1.29, 1.82) is 0 Å². The number of rotatable bonds is 4. The van der Waals surface area contributed by atoms with Crippen molar-refractivity contribution < 1.29 is 0 Å². The van der Waals surface area contributed by atoms with Crippen LogP contribution >= 0.6 is 0 Å². The molecule has 0 aromatic carbocycles. The van der Waals surface area contributed by atoms with E-state index in [-0.39, 0.29) is 0 Å². The molecule has 0 radical (unpaired) electrons. The molecular weight excluding hydrogens is 224 g/mol. The normalized spacial score (nSPS) is 16.7. The van der Waals surface area contributed by atoms with E-state index in [9.17, 15) is 0 Å². The summed E-state index contributed by atoms with van der Waals surface area (Å²) in [6.45, 7) is 2.26. The predicted octanol–water partition coefficient (Wildman–Crippen LogP) is 2.89. The van der Waals surface area contributed by atoms with Crippen LogP contribution < -0.4 is 5.73 Å². The average molecular weight is 242 g/mol. The van der Waals surface area contributed by atoms with Crippen molar-refractivity contribution in [3.8, 4) is 11.3 Å². The van der Waals surface area contributed by atoms with E-state index in [1.807, 2.05) is 24.7 Å². The first-order valence-corrected chi connectivity index (χ1v) is 6.48. The highest BCUT2D eigenvalue weighted by Crippen LogP contribution is 2.37. The lowest BCUT2D eigenvalue weighted by atomic mass is 10.1. The average Bonchev–Trinajstić information content (AvgIpc) is 3.03. The molecule has 2 aromatic heterocycles. The maximum absolute atomic E-state index is 5.74. The van der Waals surface area contributed by atoms with Gasteiger partial charge >= 0.3 is 0 Å². The largest absolute Gasteiger partial charge is 0.384 e.